The van der Waals surface area contributed by atoms with Crippen LogP contribution >= 0.6 is 22.9 Å². The molecule has 2 aromatic carbocycles. The molecule has 0 unspecified atom stereocenters. The van der Waals surface area contributed by atoms with Crippen LogP contribution in [0.5, 0.6) is 0 Å². The maximum Gasteiger partial charge on any atom is 0.240 e. The Labute approximate surface area is 186 Å². The van der Waals surface area contributed by atoms with Gasteiger partial charge in [-0.2, -0.15) is 0 Å². The Morgan fingerprint density at radius 1 is 1.10 bits per heavy atom. The van der Waals surface area contributed by atoms with Gasteiger partial charge in [-0.15, -0.1) is 11.3 Å². The second-order valence-corrected chi connectivity index (χ2v) is 8.94. The number of hydrogen-bond donors (Lipinski definition) is 1. The number of nitrogens with zero attached hydrogens (tertiary/aromatic N) is 3. The Bertz CT molecular complexity index is 1030. The summed E-state index contributed by atoms with van der Waals surface area (Å²) < 4.78 is 0. The standard InChI is InChI=1S/C23H25ClN4OS/c1-16-3-6-18(7-4-16)20-15-30-23(25-20)26-22(29)14-27-9-11-28(12-10-27)21-13-19(24)8-5-17(21)2/h3-8,13,15H,9-12,14H2,1-2H3,(H,25,26,29). The van der Waals surface area contributed by atoms with Gasteiger partial charge in [0.1, 0.15) is 0 Å². The van der Waals surface area contributed by atoms with Crippen LogP contribution in [0, 0.1) is 13.8 Å². The molecule has 3 aromatic rings. The summed E-state index contributed by atoms with van der Waals surface area (Å²) in [5, 5.41) is 6.32. The molecule has 0 bridgehead atoms. The van der Waals surface area contributed by atoms with Gasteiger partial charge in [-0.3, -0.25) is 9.69 Å². The molecule has 1 saturated heterocycles. The number of aromatic nitrogens is 1. The molecule has 1 aliphatic heterocycles. The van der Waals surface area contributed by atoms with Crippen molar-refractivity contribution < 1.29 is 4.79 Å². The summed E-state index contributed by atoms with van der Waals surface area (Å²) in [5.74, 6) is -0.0211. The van der Waals surface area contributed by atoms with Crippen LogP contribution in [0.2, 0.25) is 5.02 Å². The number of amides is 1. The Kier molecular flexibility index (Phi) is 6.37. The molecule has 1 N–H and O–H groups in total. The van der Waals surface area contributed by atoms with Crippen LogP contribution in [0.25, 0.3) is 11.3 Å². The van der Waals surface area contributed by atoms with E-state index in [9.17, 15) is 4.79 Å². The fourth-order valence-corrected chi connectivity index (χ4v) is 4.52. The second kappa shape index (κ2) is 9.16. The number of thiazole rings is 1. The van der Waals surface area contributed by atoms with Crippen LogP contribution in [0.15, 0.2) is 47.8 Å². The van der Waals surface area contributed by atoms with Crippen molar-refractivity contribution in [1.82, 2.24) is 9.88 Å². The minimum atomic E-state index is -0.0211. The maximum absolute atomic E-state index is 12.5. The van der Waals surface area contributed by atoms with E-state index in [1.165, 1.54) is 28.2 Å². The van der Waals surface area contributed by atoms with Crippen LogP contribution in [0.3, 0.4) is 0 Å². The third-order valence-electron chi connectivity index (χ3n) is 5.35. The predicted octanol–water partition coefficient (Wildman–Crippen LogP) is 4.84. The summed E-state index contributed by atoms with van der Waals surface area (Å²) in [7, 11) is 0. The quantitative estimate of drug-likeness (QED) is 0.616. The zero-order chi connectivity index (χ0) is 21.1. The number of piperazine rings is 1. The molecule has 7 heteroatoms. The smallest absolute Gasteiger partial charge is 0.240 e. The van der Waals surface area contributed by atoms with E-state index in [1.807, 2.05) is 17.5 Å². The molecule has 1 fully saturated rings. The van der Waals surface area contributed by atoms with Crippen molar-refractivity contribution in [2.45, 2.75) is 13.8 Å². The predicted molar refractivity (Wildman–Crippen MR) is 126 cm³/mol. The van der Waals surface area contributed by atoms with Gasteiger partial charge >= 0.3 is 0 Å². The second-order valence-electron chi connectivity index (χ2n) is 7.65. The lowest BCUT2D eigenvalue weighted by Crippen LogP contribution is -2.48. The highest BCUT2D eigenvalue weighted by molar-refractivity contribution is 7.14. The van der Waals surface area contributed by atoms with E-state index in [4.69, 9.17) is 11.6 Å². The normalized spacial score (nSPS) is 14.7. The van der Waals surface area contributed by atoms with Crippen LogP contribution < -0.4 is 10.2 Å². The highest BCUT2D eigenvalue weighted by Gasteiger charge is 2.21. The minimum absolute atomic E-state index is 0.0211. The Balaban J connectivity index is 1.29. The number of hydrogen-bond acceptors (Lipinski definition) is 5. The molecule has 2 heterocycles. The first-order valence-corrected chi connectivity index (χ1v) is 11.3. The van der Waals surface area contributed by atoms with E-state index in [1.54, 1.807) is 0 Å². The first-order chi connectivity index (χ1) is 14.5. The summed E-state index contributed by atoms with van der Waals surface area (Å²) in [6.07, 6.45) is 0. The SMILES string of the molecule is Cc1ccc(-c2csc(NC(=O)CN3CCN(c4cc(Cl)ccc4C)CC3)n2)cc1. The van der Waals surface area contributed by atoms with Crippen LogP contribution in [-0.4, -0.2) is 48.5 Å². The third-order valence-corrected chi connectivity index (χ3v) is 6.34. The van der Waals surface area contributed by atoms with Crippen molar-refractivity contribution in [3.05, 3.63) is 64.0 Å². The monoisotopic (exact) mass is 440 g/mol. The number of anilines is 2. The fourth-order valence-electron chi connectivity index (χ4n) is 3.62. The average molecular weight is 441 g/mol. The Morgan fingerprint density at radius 3 is 2.57 bits per heavy atom. The van der Waals surface area contributed by atoms with Crippen LogP contribution in [-0.2, 0) is 4.79 Å². The van der Waals surface area contributed by atoms with Gasteiger partial charge in [0, 0.05) is 47.8 Å². The molecule has 0 aliphatic carbocycles. The van der Waals surface area contributed by atoms with E-state index in [0.717, 1.165) is 42.5 Å². The number of rotatable bonds is 5. The van der Waals surface area contributed by atoms with Gasteiger partial charge < -0.3 is 10.2 Å². The number of benzene rings is 2. The molecule has 30 heavy (non-hydrogen) atoms. The summed E-state index contributed by atoms with van der Waals surface area (Å²) >= 11 is 7.62. The highest BCUT2D eigenvalue weighted by atomic mass is 35.5. The van der Waals surface area contributed by atoms with Gasteiger partial charge in [-0.05, 0) is 31.5 Å². The third kappa shape index (κ3) is 5.01. The lowest BCUT2D eigenvalue weighted by atomic mass is 10.1. The van der Waals surface area contributed by atoms with E-state index >= 15 is 0 Å². The van der Waals surface area contributed by atoms with E-state index in [0.29, 0.717) is 11.7 Å². The molecule has 1 aliphatic rings. The molecule has 5 nitrogen and oxygen atoms in total. The van der Waals surface area contributed by atoms with Gasteiger partial charge in [-0.25, -0.2) is 4.98 Å². The number of nitrogens with one attached hydrogen (secondary N) is 1. The molecule has 1 aromatic heterocycles. The molecular formula is C23H25ClN4OS. The molecule has 1 amide bonds. The molecule has 0 atom stereocenters. The van der Waals surface area contributed by atoms with Crippen molar-refractivity contribution in [2.24, 2.45) is 0 Å². The average Bonchev–Trinajstić information content (AvgIpc) is 3.19. The minimum Gasteiger partial charge on any atom is -0.369 e. The molecule has 0 saturated carbocycles. The van der Waals surface area contributed by atoms with E-state index in [-0.39, 0.29) is 5.91 Å². The largest absolute Gasteiger partial charge is 0.369 e. The summed E-state index contributed by atoms with van der Waals surface area (Å²) in [6, 6.07) is 14.2. The van der Waals surface area contributed by atoms with E-state index in [2.05, 4.69) is 64.3 Å². The number of halogens is 1. The summed E-state index contributed by atoms with van der Waals surface area (Å²) in [6.45, 7) is 7.98. The highest BCUT2D eigenvalue weighted by Crippen LogP contribution is 2.26. The Hall–Kier alpha value is -2.41. The molecule has 4 rings (SSSR count). The van der Waals surface area contributed by atoms with Crippen molar-refractivity contribution in [2.75, 3.05) is 42.9 Å². The van der Waals surface area contributed by atoms with Gasteiger partial charge in [-0.1, -0.05) is 47.5 Å². The molecule has 0 spiro atoms. The van der Waals surface area contributed by atoms with Gasteiger partial charge in [0.2, 0.25) is 5.91 Å². The van der Waals surface area contributed by atoms with Crippen LogP contribution in [0.4, 0.5) is 10.8 Å². The van der Waals surface area contributed by atoms with Crippen molar-refractivity contribution in [3.8, 4) is 11.3 Å². The molecule has 156 valence electrons. The van der Waals surface area contributed by atoms with Crippen molar-refractivity contribution in [3.63, 3.8) is 0 Å². The lowest BCUT2D eigenvalue weighted by Gasteiger charge is -2.36. The topological polar surface area (TPSA) is 48.5 Å². The number of carbonyl (C=O) groups is 1. The molecular weight excluding hydrogens is 416 g/mol. The zero-order valence-electron chi connectivity index (χ0n) is 17.2. The summed E-state index contributed by atoms with van der Waals surface area (Å²) in [4.78, 5) is 21.6. The molecule has 0 radical (unpaired) electrons. The van der Waals surface area contributed by atoms with Gasteiger partial charge in [0.05, 0.1) is 12.2 Å². The fraction of sp³-hybridized carbons (Fsp3) is 0.304. The Morgan fingerprint density at radius 2 is 1.83 bits per heavy atom. The van der Waals surface area contributed by atoms with Crippen LogP contribution in [0.1, 0.15) is 11.1 Å². The zero-order valence-corrected chi connectivity index (χ0v) is 18.8. The maximum atomic E-state index is 12.5. The number of carbonyl (C=O) groups excluding carboxylic acids is 1. The van der Waals surface area contributed by atoms with Gasteiger partial charge in [0.15, 0.2) is 5.13 Å². The lowest BCUT2D eigenvalue weighted by molar-refractivity contribution is -0.117. The van der Waals surface area contributed by atoms with E-state index < -0.39 is 0 Å². The summed E-state index contributed by atoms with van der Waals surface area (Å²) in [5.41, 5.74) is 5.57. The van der Waals surface area contributed by atoms with Crippen molar-refractivity contribution in [1.29, 1.82) is 0 Å². The van der Waals surface area contributed by atoms with Gasteiger partial charge in [0.25, 0.3) is 0 Å². The number of aryl methyl sites for hydroxylation is 2. The first-order valence-electron chi connectivity index (χ1n) is 10.0. The van der Waals surface area contributed by atoms with Crippen molar-refractivity contribution >= 4 is 39.7 Å². The first kappa shape index (κ1) is 20.8.